The second kappa shape index (κ2) is 4.44. The van der Waals surface area contributed by atoms with Crippen molar-refractivity contribution in [2.45, 2.75) is 36.8 Å². The molecule has 0 aliphatic heterocycles. The van der Waals surface area contributed by atoms with E-state index >= 15 is 0 Å². The van der Waals surface area contributed by atoms with E-state index in [0.29, 0.717) is 5.25 Å². The zero-order chi connectivity index (χ0) is 12.7. The average molecular weight is 260 g/mol. The molecule has 2 unspecified atom stereocenters. The molecule has 1 aliphatic carbocycles. The van der Waals surface area contributed by atoms with Gasteiger partial charge >= 0.3 is 0 Å². The van der Waals surface area contributed by atoms with Gasteiger partial charge in [0.1, 0.15) is 5.76 Å². The van der Waals surface area contributed by atoms with Crippen molar-refractivity contribution in [3.8, 4) is 0 Å². The molecule has 2 atom stereocenters. The molecule has 0 saturated heterocycles. The van der Waals surface area contributed by atoms with Crippen molar-refractivity contribution >= 4 is 11.8 Å². The Morgan fingerprint density at radius 2 is 2.11 bits per heavy atom. The van der Waals surface area contributed by atoms with Crippen LogP contribution in [-0.2, 0) is 6.42 Å². The number of thioether (sulfide) groups is 1. The number of oxazole rings is 1. The zero-order valence-electron chi connectivity index (χ0n) is 10.5. The van der Waals surface area contributed by atoms with E-state index < -0.39 is 0 Å². The molecular formula is C14H16N2OS. The maximum atomic E-state index is 6.29. The second-order valence-corrected chi connectivity index (χ2v) is 5.90. The SMILES string of the molecule is Cc1nc(SC2Cc3ccccc3C2N)oc1C. The van der Waals surface area contributed by atoms with Gasteiger partial charge in [0.05, 0.1) is 5.69 Å². The number of rotatable bonds is 2. The molecule has 0 amide bonds. The van der Waals surface area contributed by atoms with Gasteiger partial charge in [-0.3, -0.25) is 0 Å². The Kier molecular flexibility index (Phi) is 2.92. The number of aryl methyl sites for hydroxylation is 2. The van der Waals surface area contributed by atoms with Crippen molar-refractivity contribution in [2.75, 3.05) is 0 Å². The predicted molar refractivity (Wildman–Crippen MR) is 72.7 cm³/mol. The number of aromatic nitrogens is 1. The van der Waals surface area contributed by atoms with Crippen LogP contribution in [-0.4, -0.2) is 10.2 Å². The molecule has 1 aliphatic rings. The summed E-state index contributed by atoms with van der Waals surface area (Å²) in [6, 6.07) is 8.45. The van der Waals surface area contributed by atoms with Gasteiger partial charge in [0.25, 0.3) is 5.22 Å². The minimum atomic E-state index is 0.0683. The second-order valence-electron chi connectivity index (χ2n) is 4.71. The Hall–Kier alpha value is -1.26. The maximum absolute atomic E-state index is 6.29. The van der Waals surface area contributed by atoms with Crippen LogP contribution in [0, 0.1) is 13.8 Å². The summed E-state index contributed by atoms with van der Waals surface area (Å²) in [5, 5.41) is 1.05. The highest BCUT2D eigenvalue weighted by atomic mass is 32.2. The fourth-order valence-electron chi connectivity index (χ4n) is 2.33. The molecule has 2 N–H and O–H groups in total. The van der Waals surface area contributed by atoms with Crippen LogP contribution in [0.3, 0.4) is 0 Å². The number of hydrogen-bond acceptors (Lipinski definition) is 4. The van der Waals surface area contributed by atoms with Crippen molar-refractivity contribution in [3.05, 3.63) is 46.8 Å². The number of nitrogens with two attached hydrogens (primary N) is 1. The van der Waals surface area contributed by atoms with Crippen LogP contribution in [0.5, 0.6) is 0 Å². The van der Waals surface area contributed by atoms with Crippen molar-refractivity contribution in [2.24, 2.45) is 5.73 Å². The molecule has 0 fully saturated rings. The highest BCUT2D eigenvalue weighted by Crippen LogP contribution is 2.39. The number of hydrogen-bond donors (Lipinski definition) is 1. The molecule has 3 rings (SSSR count). The third-order valence-corrected chi connectivity index (χ3v) is 4.64. The van der Waals surface area contributed by atoms with Crippen molar-refractivity contribution < 1.29 is 4.42 Å². The molecule has 1 heterocycles. The Morgan fingerprint density at radius 3 is 2.78 bits per heavy atom. The smallest absolute Gasteiger partial charge is 0.256 e. The fourth-order valence-corrected chi connectivity index (χ4v) is 3.51. The van der Waals surface area contributed by atoms with Gasteiger partial charge in [-0.1, -0.05) is 36.0 Å². The first-order valence-electron chi connectivity index (χ1n) is 6.09. The lowest BCUT2D eigenvalue weighted by Gasteiger charge is -2.12. The van der Waals surface area contributed by atoms with Crippen LogP contribution in [0.2, 0.25) is 0 Å². The van der Waals surface area contributed by atoms with Gasteiger partial charge in [0.15, 0.2) is 0 Å². The van der Waals surface area contributed by atoms with E-state index in [9.17, 15) is 0 Å². The fraction of sp³-hybridized carbons (Fsp3) is 0.357. The first kappa shape index (κ1) is 11.8. The van der Waals surface area contributed by atoms with E-state index in [2.05, 4.69) is 23.2 Å². The normalized spacial score (nSPS) is 22.2. The topological polar surface area (TPSA) is 52.0 Å². The van der Waals surface area contributed by atoms with Crippen LogP contribution in [0.1, 0.15) is 28.6 Å². The molecular weight excluding hydrogens is 244 g/mol. The lowest BCUT2D eigenvalue weighted by molar-refractivity contribution is 0.429. The minimum absolute atomic E-state index is 0.0683. The molecule has 18 heavy (non-hydrogen) atoms. The quantitative estimate of drug-likeness (QED) is 0.901. The molecule has 2 aromatic rings. The minimum Gasteiger partial charge on any atom is -0.437 e. The lowest BCUT2D eigenvalue weighted by Crippen LogP contribution is -2.18. The standard InChI is InChI=1S/C14H16N2OS/c1-8-9(2)17-14(16-8)18-12-7-10-5-3-4-6-11(10)13(12)15/h3-6,12-13H,7,15H2,1-2H3. The summed E-state index contributed by atoms with van der Waals surface area (Å²) in [6.45, 7) is 3.90. The van der Waals surface area contributed by atoms with E-state index in [1.165, 1.54) is 11.1 Å². The van der Waals surface area contributed by atoms with Gasteiger partial charge in [-0.25, -0.2) is 4.98 Å². The molecule has 0 saturated carbocycles. The molecule has 0 radical (unpaired) electrons. The zero-order valence-corrected chi connectivity index (χ0v) is 11.3. The van der Waals surface area contributed by atoms with Crippen LogP contribution in [0.4, 0.5) is 0 Å². The first-order chi connectivity index (χ1) is 8.65. The number of benzene rings is 1. The molecule has 1 aromatic heterocycles. The Balaban J connectivity index is 1.80. The number of nitrogens with zero attached hydrogens (tertiary/aromatic N) is 1. The van der Waals surface area contributed by atoms with Gasteiger partial charge < -0.3 is 10.2 Å². The highest BCUT2D eigenvalue weighted by Gasteiger charge is 2.31. The molecule has 0 bridgehead atoms. The van der Waals surface area contributed by atoms with Crippen LogP contribution < -0.4 is 5.73 Å². The summed E-state index contributed by atoms with van der Waals surface area (Å²) in [5.74, 6) is 0.890. The summed E-state index contributed by atoms with van der Waals surface area (Å²) in [4.78, 5) is 4.41. The van der Waals surface area contributed by atoms with Crippen molar-refractivity contribution in [1.82, 2.24) is 4.98 Å². The van der Waals surface area contributed by atoms with Gasteiger partial charge in [-0.15, -0.1) is 0 Å². The third kappa shape index (κ3) is 1.95. The van der Waals surface area contributed by atoms with E-state index in [0.717, 1.165) is 23.1 Å². The van der Waals surface area contributed by atoms with E-state index in [-0.39, 0.29) is 6.04 Å². The van der Waals surface area contributed by atoms with Crippen molar-refractivity contribution in [3.63, 3.8) is 0 Å². The largest absolute Gasteiger partial charge is 0.437 e. The monoisotopic (exact) mass is 260 g/mol. The van der Waals surface area contributed by atoms with Gasteiger partial charge in [-0.2, -0.15) is 0 Å². The number of fused-ring (bicyclic) bond motifs is 1. The van der Waals surface area contributed by atoms with E-state index in [1.807, 2.05) is 19.9 Å². The third-order valence-electron chi connectivity index (χ3n) is 3.50. The molecule has 1 aromatic carbocycles. The average Bonchev–Trinajstić information content (AvgIpc) is 2.83. The first-order valence-corrected chi connectivity index (χ1v) is 6.97. The molecule has 4 heteroatoms. The van der Waals surface area contributed by atoms with Crippen LogP contribution in [0.25, 0.3) is 0 Å². The van der Waals surface area contributed by atoms with Crippen LogP contribution >= 0.6 is 11.8 Å². The van der Waals surface area contributed by atoms with Gasteiger partial charge in [0, 0.05) is 11.3 Å². The Bertz CT molecular complexity index is 559. The van der Waals surface area contributed by atoms with Crippen LogP contribution in [0.15, 0.2) is 33.9 Å². The van der Waals surface area contributed by atoms with E-state index in [1.54, 1.807) is 11.8 Å². The Morgan fingerprint density at radius 1 is 1.33 bits per heavy atom. The van der Waals surface area contributed by atoms with E-state index in [4.69, 9.17) is 10.2 Å². The summed E-state index contributed by atoms with van der Waals surface area (Å²) in [6.07, 6.45) is 0.989. The molecule has 94 valence electrons. The van der Waals surface area contributed by atoms with Gasteiger partial charge in [0.2, 0.25) is 0 Å². The maximum Gasteiger partial charge on any atom is 0.256 e. The Labute approximate surface area is 111 Å². The summed E-state index contributed by atoms with van der Waals surface area (Å²) in [5.41, 5.74) is 9.86. The summed E-state index contributed by atoms with van der Waals surface area (Å²) in [7, 11) is 0. The summed E-state index contributed by atoms with van der Waals surface area (Å²) < 4.78 is 5.62. The highest BCUT2D eigenvalue weighted by molar-refractivity contribution is 7.99. The lowest BCUT2D eigenvalue weighted by atomic mass is 10.1. The molecule has 3 nitrogen and oxygen atoms in total. The van der Waals surface area contributed by atoms with Crippen molar-refractivity contribution in [1.29, 1.82) is 0 Å². The van der Waals surface area contributed by atoms with Gasteiger partial charge in [-0.05, 0) is 31.4 Å². The summed E-state index contributed by atoms with van der Waals surface area (Å²) >= 11 is 1.65. The molecule has 0 spiro atoms. The predicted octanol–water partition coefficient (Wildman–Crippen LogP) is 3.01.